The Balaban J connectivity index is 1.80. The number of phenolic OH excluding ortho intramolecular Hbond substituents is 1. The van der Waals surface area contributed by atoms with Gasteiger partial charge in [0.25, 0.3) is 0 Å². The highest BCUT2D eigenvalue weighted by Gasteiger charge is 2.30. The van der Waals surface area contributed by atoms with Crippen molar-refractivity contribution in [2.45, 2.75) is 12.3 Å². The van der Waals surface area contributed by atoms with Crippen LogP contribution in [-0.4, -0.2) is 20.6 Å². The van der Waals surface area contributed by atoms with Crippen molar-refractivity contribution in [3.05, 3.63) is 71.9 Å². The van der Waals surface area contributed by atoms with E-state index >= 15 is 0 Å². The minimum Gasteiger partial charge on any atom is -0.508 e. The molecule has 120 valence electrons. The lowest BCUT2D eigenvalue weighted by Gasteiger charge is -2.23. The summed E-state index contributed by atoms with van der Waals surface area (Å²) in [6.45, 7) is 0. The van der Waals surface area contributed by atoms with Gasteiger partial charge >= 0.3 is 0 Å². The van der Waals surface area contributed by atoms with Gasteiger partial charge in [-0.1, -0.05) is 12.1 Å². The first-order valence-corrected chi connectivity index (χ1v) is 7.54. The number of imidazole rings is 1. The van der Waals surface area contributed by atoms with Gasteiger partial charge in [0.2, 0.25) is 5.91 Å². The summed E-state index contributed by atoms with van der Waals surface area (Å²) in [6.07, 6.45) is 1.91. The van der Waals surface area contributed by atoms with Crippen LogP contribution in [0.3, 0.4) is 0 Å². The average molecular weight is 323 g/mol. The van der Waals surface area contributed by atoms with Crippen molar-refractivity contribution in [2.24, 2.45) is 0 Å². The molecule has 0 radical (unpaired) electrons. The predicted molar refractivity (Wildman–Crippen MR) is 86.7 cm³/mol. The van der Waals surface area contributed by atoms with Crippen LogP contribution in [0, 0.1) is 5.82 Å². The molecule has 0 saturated heterocycles. The fraction of sp³-hybridized carbons (Fsp3) is 0.111. The second-order valence-electron chi connectivity index (χ2n) is 5.72. The summed E-state index contributed by atoms with van der Waals surface area (Å²) >= 11 is 0. The third-order valence-electron chi connectivity index (χ3n) is 4.17. The number of aromatic hydroxyl groups is 1. The van der Waals surface area contributed by atoms with Crippen molar-refractivity contribution in [3.63, 3.8) is 0 Å². The van der Waals surface area contributed by atoms with Gasteiger partial charge in [-0.3, -0.25) is 9.36 Å². The number of carbonyl (C=O) groups excluding carboxylic acids is 1. The third-order valence-corrected chi connectivity index (χ3v) is 4.17. The number of aromatic nitrogens is 2. The highest BCUT2D eigenvalue weighted by atomic mass is 19.1. The van der Waals surface area contributed by atoms with Gasteiger partial charge in [-0.15, -0.1) is 0 Å². The van der Waals surface area contributed by atoms with Gasteiger partial charge in [0.15, 0.2) is 0 Å². The summed E-state index contributed by atoms with van der Waals surface area (Å²) in [5.74, 6) is 0.159. The van der Waals surface area contributed by atoms with Gasteiger partial charge in [-0.25, -0.2) is 9.37 Å². The van der Waals surface area contributed by atoms with Gasteiger partial charge in [-0.05, 0) is 42.0 Å². The first kappa shape index (κ1) is 14.4. The molecule has 1 aliphatic rings. The van der Waals surface area contributed by atoms with E-state index in [1.807, 2.05) is 0 Å². The molecule has 1 amide bonds. The molecule has 1 unspecified atom stereocenters. The van der Waals surface area contributed by atoms with E-state index < -0.39 is 0 Å². The average Bonchev–Trinajstić information content (AvgIpc) is 2.99. The fourth-order valence-electron chi connectivity index (χ4n) is 2.99. The lowest BCUT2D eigenvalue weighted by atomic mass is 9.90. The van der Waals surface area contributed by atoms with Crippen LogP contribution < -0.4 is 5.32 Å². The highest BCUT2D eigenvalue weighted by Crippen LogP contribution is 2.37. The zero-order valence-corrected chi connectivity index (χ0v) is 12.6. The topological polar surface area (TPSA) is 67.1 Å². The second-order valence-corrected chi connectivity index (χ2v) is 5.72. The number of halogens is 1. The molecule has 24 heavy (non-hydrogen) atoms. The molecule has 4 rings (SSSR count). The van der Waals surface area contributed by atoms with Crippen molar-refractivity contribution in [1.82, 2.24) is 9.55 Å². The quantitative estimate of drug-likeness (QED) is 0.761. The van der Waals surface area contributed by atoms with Crippen molar-refractivity contribution < 1.29 is 14.3 Å². The number of benzene rings is 2. The Kier molecular flexibility index (Phi) is 3.30. The molecule has 6 heteroatoms. The number of hydrogen-bond acceptors (Lipinski definition) is 3. The molecule has 1 aliphatic heterocycles. The number of fused-ring (bicyclic) bond motifs is 1. The van der Waals surface area contributed by atoms with E-state index in [2.05, 4.69) is 10.3 Å². The summed E-state index contributed by atoms with van der Waals surface area (Å²) in [4.78, 5) is 16.6. The maximum Gasteiger partial charge on any atom is 0.226 e. The summed E-state index contributed by atoms with van der Waals surface area (Å²) in [6, 6.07) is 12.8. The summed E-state index contributed by atoms with van der Waals surface area (Å²) in [7, 11) is 0. The first-order chi connectivity index (χ1) is 11.6. The maximum atomic E-state index is 13.1. The standard InChI is InChI=1S/C18H14FN3O2/c19-12-3-5-13(6-4-12)22-10-20-17-15(9-16(24)21-18(17)22)11-1-7-14(23)8-2-11/h1-8,10,15,23H,9H2,(H,21,24). The van der Waals surface area contributed by atoms with E-state index in [-0.39, 0.29) is 29.8 Å². The minimum atomic E-state index is -0.321. The van der Waals surface area contributed by atoms with Gasteiger partial charge in [0, 0.05) is 18.0 Å². The Morgan fingerprint density at radius 2 is 1.83 bits per heavy atom. The van der Waals surface area contributed by atoms with Gasteiger partial charge in [-0.2, -0.15) is 0 Å². The lowest BCUT2D eigenvalue weighted by Crippen LogP contribution is -2.24. The molecule has 5 nitrogen and oxygen atoms in total. The normalized spacial score (nSPS) is 16.5. The Bertz CT molecular complexity index is 901. The van der Waals surface area contributed by atoms with E-state index in [0.29, 0.717) is 5.82 Å². The van der Waals surface area contributed by atoms with Crippen LogP contribution in [0.25, 0.3) is 5.69 Å². The number of phenols is 1. The van der Waals surface area contributed by atoms with Gasteiger partial charge < -0.3 is 10.4 Å². The van der Waals surface area contributed by atoms with Crippen LogP contribution in [0.4, 0.5) is 10.2 Å². The van der Waals surface area contributed by atoms with Crippen LogP contribution in [0.5, 0.6) is 5.75 Å². The highest BCUT2D eigenvalue weighted by molar-refractivity contribution is 5.94. The van der Waals surface area contributed by atoms with Crippen molar-refractivity contribution >= 4 is 11.7 Å². The molecule has 0 spiro atoms. The minimum absolute atomic E-state index is 0.107. The number of carbonyl (C=O) groups is 1. The molecule has 1 aromatic heterocycles. The first-order valence-electron chi connectivity index (χ1n) is 7.54. The monoisotopic (exact) mass is 323 g/mol. The van der Waals surface area contributed by atoms with E-state index in [0.717, 1.165) is 16.9 Å². The number of amides is 1. The second kappa shape index (κ2) is 5.49. The number of anilines is 1. The van der Waals surface area contributed by atoms with Crippen LogP contribution in [-0.2, 0) is 4.79 Å². The Labute approximate surface area is 137 Å². The molecule has 2 N–H and O–H groups in total. The lowest BCUT2D eigenvalue weighted by molar-refractivity contribution is -0.116. The van der Waals surface area contributed by atoms with Crippen LogP contribution >= 0.6 is 0 Å². The zero-order chi connectivity index (χ0) is 16.7. The molecule has 2 heterocycles. The Morgan fingerprint density at radius 3 is 2.54 bits per heavy atom. The summed E-state index contributed by atoms with van der Waals surface area (Å²) < 4.78 is 14.9. The smallest absolute Gasteiger partial charge is 0.226 e. The number of nitrogens with zero attached hydrogens (tertiary/aromatic N) is 2. The van der Waals surface area contributed by atoms with Gasteiger partial charge in [0.05, 0.1) is 5.69 Å². The number of nitrogens with one attached hydrogen (secondary N) is 1. The largest absolute Gasteiger partial charge is 0.508 e. The molecule has 2 aromatic carbocycles. The molecule has 0 fully saturated rings. The van der Waals surface area contributed by atoms with Crippen molar-refractivity contribution in [3.8, 4) is 11.4 Å². The van der Waals surface area contributed by atoms with Crippen molar-refractivity contribution in [1.29, 1.82) is 0 Å². The summed E-state index contributed by atoms with van der Waals surface area (Å²) in [5.41, 5.74) is 2.38. The maximum absolute atomic E-state index is 13.1. The predicted octanol–water partition coefficient (Wildman–Crippen LogP) is 3.19. The van der Waals surface area contributed by atoms with E-state index in [4.69, 9.17) is 0 Å². The van der Waals surface area contributed by atoms with Crippen LogP contribution in [0.1, 0.15) is 23.6 Å². The van der Waals surface area contributed by atoms with Crippen LogP contribution in [0.15, 0.2) is 54.9 Å². The van der Waals surface area contributed by atoms with Crippen LogP contribution in [0.2, 0.25) is 0 Å². The molecule has 3 aromatic rings. The molecule has 1 atom stereocenters. The number of rotatable bonds is 2. The summed E-state index contributed by atoms with van der Waals surface area (Å²) in [5, 5.41) is 12.3. The van der Waals surface area contributed by atoms with Crippen molar-refractivity contribution in [2.75, 3.05) is 5.32 Å². The fourth-order valence-corrected chi connectivity index (χ4v) is 2.99. The zero-order valence-electron chi connectivity index (χ0n) is 12.6. The molecular formula is C18H14FN3O2. The van der Waals surface area contributed by atoms with E-state index in [1.165, 1.54) is 12.1 Å². The van der Waals surface area contributed by atoms with Gasteiger partial charge in [0.1, 0.15) is 23.7 Å². The van der Waals surface area contributed by atoms with E-state index in [9.17, 15) is 14.3 Å². The van der Waals surface area contributed by atoms with E-state index in [1.54, 1.807) is 47.3 Å². The molecule has 0 bridgehead atoms. The molecular weight excluding hydrogens is 309 g/mol. The third kappa shape index (κ3) is 2.42. The Hall–Kier alpha value is -3.15. The molecule has 0 saturated carbocycles. The Morgan fingerprint density at radius 1 is 1.12 bits per heavy atom. The number of hydrogen-bond donors (Lipinski definition) is 2. The SMILES string of the molecule is O=C1CC(c2ccc(O)cc2)c2ncn(-c3ccc(F)cc3)c2N1. The molecule has 0 aliphatic carbocycles.